The summed E-state index contributed by atoms with van der Waals surface area (Å²) >= 11 is 3.66. The number of hydrogen-bond acceptors (Lipinski definition) is 1. The van der Waals surface area contributed by atoms with Crippen molar-refractivity contribution in [3.8, 4) is 0 Å². The first-order valence-corrected chi connectivity index (χ1v) is 7.64. The third-order valence-electron chi connectivity index (χ3n) is 3.90. The predicted molar refractivity (Wildman–Crippen MR) is 67.5 cm³/mol. The van der Waals surface area contributed by atoms with Crippen LogP contribution in [0.5, 0.6) is 0 Å². The van der Waals surface area contributed by atoms with Crippen LogP contribution >= 0.6 is 15.9 Å². The van der Waals surface area contributed by atoms with Crippen molar-refractivity contribution in [3.05, 3.63) is 0 Å². The molecule has 0 atom stereocenters. The zero-order valence-corrected chi connectivity index (χ0v) is 11.4. The summed E-state index contributed by atoms with van der Waals surface area (Å²) in [5.74, 6) is 0.977. The monoisotopic (exact) mass is 274 g/mol. The summed E-state index contributed by atoms with van der Waals surface area (Å²) in [4.78, 5) is 0. The Bertz CT molecular complexity index is 193. The summed E-state index contributed by atoms with van der Waals surface area (Å²) in [6.45, 7) is 2.30. The van der Waals surface area contributed by atoms with Gasteiger partial charge in [0.1, 0.15) is 0 Å². The lowest BCUT2D eigenvalue weighted by Gasteiger charge is -2.39. The Morgan fingerprint density at radius 1 is 1.20 bits per heavy atom. The van der Waals surface area contributed by atoms with E-state index in [1.54, 1.807) is 0 Å². The van der Waals surface area contributed by atoms with E-state index in [1.165, 1.54) is 51.4 Å². The van der Waals surface area contributed by atoms with Crippen molar-refractivity contribution in [2.24, 2.45) is 5.92 Å². The van der Waals surface area contributed by atoms with E-state index in [9.17, 15) is 0 Å². The highest BCUT2D eigenvalue weighted by Gasteiger charge is 2.39. The van der Waals surface area contributed by atoms with Crippen molar-refractivity contribution < 1.29 is 4.74 Å². The molecule has 0 spiro atoms. The van der Waals surface area contributed by atoms with Crippen LogP contribution in [0.1, 0.15) is 58.3 Å². The van der Waals surface area contributed by atoms with Gasteiger partial charge in [0.15, 0.2) is 0 Å². The molecule has 1 nitrogen and oxygen atoms in total. The highest BCUT2D eigenvalue weighted by atomic mass is 79.9. The molecule has 0 radical (unpaired) electrons. The van der Waals surface area contributed by atoms with Gasteiger partial charge in [-0.3, -0.25) is 0 Å². The second-order valence-electron chi connectivity index (χ2n) is 5.37. The van der Waals surface area contributed by atoms with Crippen molar-refractivity contribution in [1.82, 2.24) is 0 Å². The van der Waals surface area contributed by atoms with Crippen molar-refractivity contribution >= 4 is 15.9 Å². The molecule has 0 bridgehead atoms. The van der Waals surface area contributed by atoms with Crippen molar-refractivity contribution in [2.45, 2.75) is 70.0 Å². The first-order chi connectivity index (χ1) is 7.28. The van der Waals surface area contributed by atoms with E-state index >= 15 is 0 Å². The SMILES string of the molecule is CCCC1CCC(CBr)(OC2CC2)CC1. The minimum absolute atomic E-state index is 0.200. The molecule has 0 unspecified atom stereocenters. The summed E-state index contributed by atoms with van der Waals surface area (Å²) in [6, 6.07) is 0. The average Bonchev–Trinajstić information content (AvgIpc) is 3.06. The summed E-state index contributed by atoms with van der Waals surface area (Å²) in [6.07, 6.45) is 11.3. The van der Waals surface area contributed by atoms with Crippen LogP contribution in [0.2, 0.25) is 0 Å². The standard InChI is InChI=1S/C13H23BrO/c1-2-3-11-6-8-13(10-14,9-7-11)15-12-4-5-12/h11-12H,2-10H2,1H3. The van der Waals surface area contributed by atoms with Crippen LogP contribution < -0.4 is 0 Å². The number of rotatable bonds is 5. The zero-order chi connectivity index (χ0) is 10.7. The molecular formula is C13H23BrO. The van der Waals surface area contributed by atoms with Gasteiger partial charge in [0.2, 0.25) is 0 Å². The van der Waals surface area contributed by atoms with Gasteiger partial charge in [0.25, 0.3) is 0 Å². The maximum absolute atomic E-state index is 6.22. The van der Waals surface area contributed by atoms with E-state index in [2.05, 4.69) is 22.9 Å². The fourth-order valence-corrected chi connectivity index (χ4v) is 3.42. The molecule has 0 aromatic heterocycles. The maximum atomic E-state index is 6.22. The van der Waals surface area contributed by atoms with Crippen LogP contribution in [0, 0.1) is 5.92 Å². The fourth-order valence-electron chi connectivity index (χ4n) is 2.72. The molecule has 2 saturated carbocycles. The molecule has 2 heteroatoms. The quantitative estimate of drug-likeness (QED) is 0.680. The van der Waals surface area contributed by atoms with E-state index in [0.29, 0.717) is 6.10 Å². The number of ether oxygens (including phenoxy) is 1. The third kappa shape index (κ3) is 3.20. The molecule has 0 aliphatic heterocycles. The van der Waals surface area contributed by atoms with Crippen LogP contribution in [0.4, 0.5) is 0 Å². The lowest BCUT2D eigenvalue weighted by Crippen LogP contribution is -2.39. The molecule has 2 aliphatic carbocycles. The minimum atomic E-state index is 0.200. The molecule has 15 heavy (non-hydrogen) atoms. The van der Waals surface area contributed by atoms with Gasteiger partial charge in [-0.25, -0.2) is 0 Å². The highest BCUT2D eigenvalue weighted by molar-refractivity contribution is 9.09. The number of alkyl halides is 1. The molecule has 2 aliphatic rings. The Balaban J connectivity index is 1.81. The smallest absolute Gasteiger partial charge is 0.0782 e. The molecular weight excluding hydrogens is 252 g/mol. The topological polar surface area (TPSA) is 9.23 Å². The van der Waals surface area contributed by atoms with E-state index in [1.807, 2.05) is 0 Å². The van der Waals surface area contributed by atoms with E-state index in [4.69, 9.17) is 4.74 Å². The Hall–Kier alpha value is 0.440. The normalized spacial score (nSPS) is 36.8. The van der Waals surface area contributed by atoms with Gasteiger partial charge in [-0.1, -0.05) is 35.7 Å². The lowest BCUT2D eigenvalue weighted by molar-refractivity contribution is -0.0705. The van der Waals surface area contributed by atoms with Gasteiger partial charge in [-0.2, -0.15) is 0 Å². The fraction of sp³-hybridized carbons (Fsp3) is 1.00. The van der Waals surface area contributed by atoms with Gasteiger partial charge >= 0.3 is 0 Å². The summed E-state index contributed by atoms with van der Waals surface area (Å²) in [7, 11) is 0. The first kappa shape index (κ1) is 11.9. The molecule has 0 heterocycles. The number of hydrogen-bond donors (Lipinski definition) is 0. The lowest BCUT2D eigenvalue weighted by atomic mass is 9.78. The third-order valence-corrected chi connectivity index (χ3v) is 4.92. The van der Waals surface area contributed by atoms with E-state index < -0.39 is 0 Å². The number of halogens is 1. The molecule has 0 amide bonds. The van der Waals surface area contributed by atoms with Crippen LogP contribution in [0.15, 0.2) is 0 Å². The molecule has 88 valence electrons. The Labute approximate surface area is 102 Å². The van der Waals surface area contributed by atoms with Crippen LogP contribution in [-0.4, -0.2) is 17.0 Å². The van der Waals surface area contributed by atoms with Crippen molar-refractivity contribution in [2.75, 3.05) is 5.33 Å². The minimum Gasteiger partial charge on any atom is -0.371 e. The van der Waals surface area contributed by atoms with Crippen molar-refractivity contribution in [1.29, 1.82) is 0 Å². The summed E-state index contributed by atoms with van der Waals surface area (Å²) in [5.41, 5.74) is 0.200. The summed E-state index contributed by atoms with van der Waals surface area (Å²) < 4.78 is 6.22. The van der Waals surface area contributed by atoms with Gasteiger partial charge < -0.3 is 4.74 Å². The van der Waals surface area contributed by atoms with Gasteiger partial charge in [-0.15, -0.1) is 0 Å². The molecule has 0 aromatic carbocycles. The second kappa shape index (κ2) is 5.18. The second-order valence-corrected chi connectivity index (χ2v) is 5.93. The predicted octanol–water partition coefficient (Wildman–Crippen LogP) is 4.29. The van der Waals surface area contributed by atoms with Crippen LogP contribution in [0.3, 0.4) is 0 Å². The highest BCUT2D eigenvalue weighted by Crippen LogP contribution is 2.41. The van der Waals surface area contributed by atoms with Gasteiger partial charge in [0, 0.05) is 5.33 Å². The summed E-state index contributed by atoms with van der Waals surface area (Å²) in [5, 5.41) is 1.04. The molecule has 2 rings (SSSR count). The van der Waals surface area contributed by atoms with Crippen molar-refractivity contribution in [3.63, 3.8) is 0 Å². The van der Waals surface area contributed by atoms with Gasteiger partial charge in [-0.05, 0) is 44.4 Å². The largest absolute Gasteiger partial charge is 0.371 e. The molecule has 0 aromatic rings. The Morgan fingerprint density at radius 2 is 1.87 bits per heavy atom. The Morgan fingerprint density at radius 3 is 2.33 bits per heavy atom. The van der Waals surface area contributed by atoms with Gasteiger partial charge in [0.05, 0.1) is 11.7 Å². The first-order valence-electron chi connectivity index (χ1n) is 6.52. The molecule has 0 N–H and O–H groups in total. The Kier molecular flexibility index (Phi) is 4.11. The molecule has 0 saturated heterocycles. The maximum Gasteiger partial charge on any atom is 0.0782 e. The average molecular weight is 275 g/mol. The van der Waals surface area contributed by atoms with Crippen LogP contribution in [0.25, 0.3) is 0 Å². The zero-order valence-electron chi connectivity index (χ0n) is 9.80. The van der Waals surface area contributed by atoms with Crippen LogP contribution in [-0.2, 0) is 4.74 Å². The van der Waals surface area contributed by atoms with E-state index in [-0.39, 0.29) is 5.60 Å². The van der Waals surface area contributed by atoms with E-state index in [0.717, 1.165) is 11.2 Å². The molecule has 2 fully saturated rings.